The molecular formula is C17H27N5O2. The minimum atomic E-state index is -0.508. The van der Waals surface area contributed by atoms with Gasteiger partial charge >= 0.3 is 6.03 Å². The smallest absolute Gasteiger partial charge is 0.317 e. The number of carbonyl (C=O) groups excluding carboxylic acids is 2. The third kappa shape index (κ3) is 3.71. The van der Waals surface area contributed by atoms with Crippen LogP contribution in [0.4, 0.5) is 4.79 Å². The largest absolute Gasteiger partial charge is 0.364 e. The van der Waals surface area contributed by atoms with Gasteiger partial charge in [0, 0.05) is 38.3 Å². The van der Waals surface area contributed by atoms with E-state index in [0.29, 0.717) is 37.7 Å². The molecule has 1 aromatic heterocycles. The van der Waals surface area contributed by atoms with Crippen LogP contribution in [0.15, 0.2) is 6.20 Å². The third-order valence-electron chi connectivity index (χ3n) is 5.32. The number of nitrogens with one attached hydrogen (secondary N) is 1. The number of fused-ring (bicyclic) bond motifs is 1. The standard InChI is InChI=1S/C17H27N5O2/c1-12(13-5-3-2-4-6-13)19-17(24)21-8-7-15-20-14(16(18)23)11-22(15)10-9-21/h11-13H,2-10H2,1H3,(H2,18,23)(H,19,24)/t12-/m1/s1. The SMILES string of the molecule is C[C@@H](NC(=O)N1CCc2nc(C(N)=O)cn2CC1)C1CCCCC1. The van der Waals surface area contributed by atoms with Gasteiger partial charge in [0.05, 0.1) is 0 Å². The van der Waals surface area contributed by atoms with Crippen molar-refractivity contribution in [3.63, 3.8) is 0 Å². The monoisotopic (exact) mass is 333 g/mol. The zero-order valence-electron chi connectivity index (χ0n) is 14.3. The highest BCUT2D eigenvalue weighted by Crippen LogP contribution is 2.26. The van der Waals surface area contributed by atoms with E-state index < -0.39 is 5.91 Å². The zero-order valence-corrected chi connectivity index (χ0v) is 14.3. The van der Waals surface area contributed by atoms with Gasteiger partial charge in [-0.2, -0.15) is 0 Å². The molecule has 3 N–H and O–H groups in total. The van der Waals surface area contributed by atoms with Crippen LogP contribution in [-0.4, -0.2) is 45.5 Å². The Hall–Kier alpha value is -2.05. The predicted molar refractivity (Wildman–Crippen MR) is 90.6 cm³/mol. The highest BCUT2D eigenvalue weighted by molar-refractivity contribution is 5.90. The lowest BCUT2D eigenvalue weighted by Gasteiger charge is -2.30. The number of hydrogen-bond donors (Lipinski definition) is 2. The Bertz CT molecular complexity index is 581. The fraction of sp³-hybridized carbons (Fsp3) is 0.706. The Morgan fingerprint density at radius 2 is 2.00 bits per heavy atom. The van der Waals surface area contributed by atoms with Gasteiger partial charge in [0.2, 0.25) is 0 Å². The summed E-state index contributed by atoms with van der Waals surface area (Å²) in [7, 11) is 0. The number of amides is 3. The summed E-state index contributed by atoms with van der Waals surface area (Å²) in [6.07, 6.45) is 8.62. The maximum absolute atomic E-state index is 12.6. The van der Waals surface area contributed by atoms with Gasteiger partial charge in [0.25, 0.3) is 5.91 Å². The van der Waals surface area contributed by atoms with Crippen molar-refractivity contribution in [3.05, 3.63) is 17.7 Å². The summed E-state index contributed by atoms with van der Waals surface area (Å²) >= 11 is 0. The van der Waals surface area contributed by atoms with Gasteiger partial charge in [-0.05, 0) is 25.7 Å². The first-order valence-corrected chi connectivity index (χ1v) is 8.96. The molecule has 1 aliphatic heterocycles. The maximum atomic E-state index is 12.6. The van der Waals surface area contributed by atoms with E-state index in [0.717, 1.165) is 5.82 Å². The molecule has 24 heavy (non-hydrogen) atoms. The van der Waals surface area contributed by atoms with Crippen LogP contribution < -0.4 is 11.1 Å². The lowest BCUT2D eigenvalue weighted by Crippen LogP contribution is -2.47. The first-order chi connectivity index (χ1) is 11.5. The molecule has 0 bridgehead atoms. The van der Waals surface area contributed by atoms with Gasteiger partial charge in [-0.25, -0.2) is 9.78 Å². The summed E-state index contributed by atoms with van der Waals surface area (Å²) in [5.74, 6) is 0.911. The van der Waals surface area contributed by atoms with Crippen LogP contribution in [0.1, 0.15) is 55.3 Å². The number of primary amides is 1. The second-order valence-corrected chi connectivity index (χ2v) is 6.97. The van der Waals surface area contributed by atoms with Crippen LogP contribution in [0.2, 0.25) is 0 Å². The normalized spacial score (nSPS) is 20.1. The fourth-order valence-electron chi connectivity index (χ4n) is 3.78. The second kappa shape index (κ2) is 7.23. The lowest BCUT2D eigenvalue weighted by atomic mass is 9.84. The molecule has 7 heteroatoms. The summed E-state index contributed by atoms with van der Waals surface area (Å²) < 4.78 is 1.93. The summed E-state index contributed by atoms with van der Waals surface area (Å²) in [4.78, 5) is 29.9. The van der Waals surface area contributed by atoms with Crippen LogP contribution in [0.3, 0.4) is 0 Å². The number of rotatable bonds is 3. The van der Waals surface area contributed by atoms with Crippen molar-refractivity contribution in [2.24, 2.45) is 11.7 Å². The predicted octanol–water partition coefficient (Wildman–Crippen LogP) is 1.52. The van der Waals surface area contributed by atoms with Crippen molar-refractivity contribution in [1.82, 2.24) is 19.8 Å². The Morgan fingerprint density at radius 3 is 2.71 bits per heavy atom. The number of imidazole rings is 1. The van der Waals surface area contributed by atoms with E-state index in [1.54, 1.807) is 6.20 Å². The first-order valence-electron chi connectivity index (χ1n) is 8.96. The van der Waals surface area contributed by atoms with E-state index in [1.165, 1.54) is 32.1 Å². The molecule has 0 radical (unpaired) electrons. The maximum Gasteiger partial charge on any atom is 0.317 e. The summed E-state index contributed by atoms with van der Waals surface area (Å²) in [5.41, 5.74) is 5.58. The Kier molecular flexibility index (Phi) is 5.06. The van der Waals surface area contributed by atoms with E-state index in [9.17, 15) is 9.59 Å². The van der Waals surface area contributed by atoms with Crippen molar-refractivity contribution in [2.45, 2.75) is 58.0 Å². The van der Waals surface area contributed by atoms with Gasteiger partial charge in [-0.1, -0.05) is 19.3 Å². The molecular weight excluding hydrogens is 306 g/mol. The average molecular weight is 333 g/mol. The van der Waals surface area contributed by atoms with Crippen LogP contribution in [0.25, 0.3) is 0 Å². The van der Waals surface area contributed by atoms with Crippen LogP contribution in [-0.2, 0) is 13.0 Å². The van der Waals surface area contributed by atoms with E-state index in [4.69, 9.17) is 5.73 Å². The summed E-state index contributed by atoms with van der Waals surface area (Å²) in [6, 6.07) is 0.230. The molecule has 3 rings (SSSR count). The van der Waals surface area contributed by atoms with Crippen molar-refractivity contribution in [3.8, 4) is 0 Å². The molecule has 0 saturated heterocycles. The number of urea groups is 1. The Balaban J connectivity index is 1.55. The van der Waals surface area contributed by atoms with E-state index in [2.05, 4.69) is 17.2 Å². The first kappa shape index (κ1) is 16.8. The molecule has 1 fully saturated rings. The molecule has 0 unspecified atom stereocenters. The van der Waals surface area contributed by atoms with Gasteiger partial charge in [-0.15, -0.1) is 0 Å². The molecule has 1 aliphatic carbocycles. The minimum Gasteiger partial charge on any atom is -0.364 e. The quantitative estimate of drug-likeness (QED) is 0.878. The Labute approximate surface area is 142 Å². The summed E-state index contributed by atoms with van der Waals surface area (Å²) in [6.45, 7) is 3.99. The van der Waals surface area contributed by atoms with Crippen molar-refractivity contribution in [2.75, 3.05) is 13.1 Å². The molecule has 3 amide bonds. The van der Waals surface area contributed by atoms with E-state index in [1.807, 2.05) is 9.47 Å². The van der Waals surface area contributed by atoms with Crippen molar-refractivity contribution in [1.29, 1.82) is 0 Å². The third-order valence-corrected chi connectivity index (χ3v) is 5.32. The van der Waals surface area contributed by atoms with Crippen molar-refractivity contribution >= 4 is 11.9 Å². The molecule has 132 valence electrons. The van der Waals surface area contributed by atoms with Gasteiger partial charge in [0.15, 0.2) is 0 Å². The Morgan fingerprint density at radius 1 is 1.25 bits per heavy atom. The molecule has 1 saturated carbocycles. The van der Waals surface area contributed by atoms with E-state index >= 15 is 0 Å². The molecule has 1 atom stereocenters. The topological polar surface area (TPSA) is 93.2 Å². The van der Waals surface area contributed by atoms with Crippen LogP contribution in [0, 0.1) is 5.92 Å². The molecule has 0 aromatic carbocycles. The fourth-order valence-corrected chi connectivity index (χ4v) is 3.78. The average Bonchev–Trinajstić information content (AvgIpc) is 2.89. The highest BCUT2D eigenvalue weighted by atomic mass is 16.2. The molecule has 7 nitrogen and oxygen atoms in total. The zero-order chi connectivity index (χ0) is 17.1. The van der Waals surface area contributed by atoms with Gasteiger partial charge in [0.1, 0.15) is 11.5 Å². The van der Waals surface area contributed by atoms with Crippen molar-refractivity contribution < 1.29 is 9.59 Å². The minimum absolute atomic E-state index is 0.00829. The van der Waals surface area contributed by atoms with E-state index in [-0.39, 0.29) is 12.1 Å². The highest BCUT2D eigenvalue weighted by Gasteiger charge is 2.25. The number of nitrogens with zero attached hydrogens (tertiary/aromatic N) is 3. The summed E-state index contributed by atoms with van der Waals surface area (Å²) in [5, 5.41) is 3.18. The van der Waals surface area contributed by atoms with Gasteiger partial charge < -0.3 is 20.5 Å². The molecule has 2 aliphatic rings. The second-order valence-electron chi connectivity index (χ2n) is 6.97. The number of carbonyl (C=O) groups is 2. The number of nitrogens with two attached hydrogens (primary N) is 1. The van der Waals surface area contributed by atoms with Gasteiger partial charge in [-0.3, -0.25) is 4.79 Å². The lowest BCUT2D eigenvalue weighted by molar-refractivity contribution is 0.0995. The molecule has 1 aromatic rings. The van der Waals surface area contributed by atoms with Crippen LogP contribution in [0.5, 0.6) is 0 Å². The van der Waals surface area contributed by atoms with Crippen LogP contribution >= 0.6 is 0 Å². The molecule has 0 spiro atoms. The number of aromatic nitrogens is 2. The molecule has 2 heterocycles. The number of hydrogen-bond acceptors (Lipinski definition) is 3.